The Balaban J connectivity index is 0. The van der Waals surface area contributed by atoms with E-state index in [1.165, 1.54) is 114 Å². The molecule has 0 bridgehead atoms. The summed E-state index contributed by atoms with van der Waals surface area (Å²) in [6, 6.07) is 44.9. The predicted octanol–water partition coefficient (Wildman–Crippen LogP) is 18.4. The largest absolute Gasteiger partial charge is 1.00 e. The number of sulfone groups is 2. The van der Waals surface area contributed by atoms with Crippen molar-refractivity contribution in [2.45, 2.75) is 200 Å². The minimum absolute atomic E-state index is 0. The summed E-state index contributed by atoms with van der Waals surface area (Å²) in [7, 11) is -11.7. The fourth-order valence-corrected chi connectivity index (χ4v) is 15.7. The molecule has 12 rings (SSSR count). The van der Waals surface area contributed by atoms with Crippen LogP contribution in [-0.2, 0) is 43.7 Å². The normalized spacial score (nSPS) is 13.8. The van der Waals surface area contributed by atoms with E-state index in [-0.39, 0.29) is 261 Å². The summed E-state index contributed by atoms with van der Waals surface area (Å²) in [5, 5.41) is 19.6. The molecule has 694 valence electrons. The van der Waals surface area contributed by atoms with Crippen molar-refractivity contribution in [1.29, 1.82) is 0 Å². The zero-order valence-electron chi connectivity index (χ0n) is 82.1. The summed E-state index contributed by atoms with van der Waals surface area (Å²) < 4.78 is 165. The third-order valence-electron chi connectivity index (χ3n) is 15.3. The molecular weight excluding hydrogens is 2170 g/mol. The number of halogens is 8. The molecule has 5 heterocycles. The van der Waals surface area contributed by atoms with Gasteiger partial charge >= 0.3 is 138 Å². The molecule has 9 N–H and O–H groups in total. The van der Waals surface area contributed by atoms with Gasteiger partial charge in [0.1, 0.15) is 20.8 Å². The summed E-state index contributed by atoms with van der Waals surface area (Å²) in [5.41, 5.74) is 16.7. The number of thiol groups is 1. The third-order valence-corrected chi connectivity index (χ3v) is 25.1. The molecule has 1 aliphatic rings. The molecule has 26 nitrogen and oxygen atoms in total. The second kappa shape index (κ2) is 63.5. The van der Waals surface area contributed by atoms with Gasteiger partial charge in [-0.1, -0.05) is 186 Å². The van der Waals surface area contributed by atoms with Gasteiger partial charge in [0.15, 0.2) is 42.3 Å². The number of rotatable bonds is 23. The summed E-state index contributed by atoms with van der Waals surface area (Å²) in [6.45, 7) is 18.1. The Morgan fingerprint density at radius 3 is 1.35 bits per heavy atom. The molecule has 1 fully saturated rings. The van der Waals surface area contributed by atoms with E-state index in [0.717, 1.165) is 42.9 Å². The van der Waals surface area contributed by atoms with Crippen LogP contribution in [0.15, 0.2) is 212 Å². The maximum absolute atomic E-state index is 13.1. The molecule has 0 amide bonds. The number of hydrogen-bond acceptors (Lipinski definition) is 29. The molecular formula is C87H111Cl8Cs2N15O11S6. The fraction of sp³-hybridized carbons (Fsp3) is 0.322. The first-order valence-corrected chi connectivity index (χ1v) is 45.8. The number of aryl methyl sites for hydroxylation is 2. The molecule has 11 aromatic rings. The van der Waals surface area contributed by atoms with Crippen LogP contribution in [0.3, 0.4) is 0 Å². The molecule has 1 saturated heterocycles. The number of carbonyl (C=O) groups excluding carboxylic acids is 1. The monoisotopic (exact) mass is 2290 g/mol. The van der Waals surface area contributed by atoms with Crippen molar-refractivity contribution in [3.05, 3.63) is 240 Å². The maximum atomic E-state index is 13.1. The predicted molar refractivity (Wildman–Crippen MR) is 531 cm³/mol. The number of nitrogen functional groups attached to an aromatic ring is 2. The third kappa shape index (κ3) is 44.0. The quantitative estimate of drug-likeness (QED) is 0.00339. The number of para-hydroxylation sites is 5. The Kier molecular flexibility index (Phi) is 52.8. The average molecular weight is 2290 g/mol. The molecule has 129 heavy (non-hydrogen) atoms. The van der Waals surface area contributed by atoms with Crippen molar-refractivity contribution >= 4 is 223 Å². The summed E-state index contributed by atoms with van der Waals surface area (Å²) in [4.78, 5) is 45.4. The number of anilines is 10. The van der Waals surface area contributed by atoms with Gasteiger partial charge in [-0.3, -0.25) is 8.98 Å². The van der Waals surface area contributed by atoms with Gasteiger partial charge in [-0.2, -0.15) is 23.4 Å². The van der Waals surface area contributed by atoms with E-state index in [4.69, 9.17) is 133 Å². The summed E-state index contributed by atoms with van der Waals surface area (Å²) >= 11 is 53.1. The molecule has 0 saturated carbocycles. The number of nitrogens with one attached hydrogen (secondary N) is 5. The van der Waals surface area contributed by atoms with Gasteiger partial charge in [-0.05, 0) is 232 Å². The van der Waals surface area contributed by atoms with Crippen LogP contribution in [0.2, 0.25) is 41.1 Å². The van der Waals surface area contributed by atoms with E-state index in [1.54, 1.807) is 74.5 Å². The van der Waals surface area contributed by atoms with Crippen molar-refractivity contribution in [3.8, 4) is 5.75 Å². The van der Waals surface area contributed by atoms with Gasteiger partial charge in [0.2, 0.25) is 21.8 Å². The minimum atomic E-state index is -4.04. The fourth-order valence-electron chi connectivity index (χ4n) is 9.64. The van der Waals surface area contributed by atoms with E-state index in [1.807, 2.05) is 114 Å². The van der Waals surface area contributed by atoms with Gasteiger partial charge in [0.05, 0.1) is 92.6 Å². The topological polar surface area (TPSA) is 386 Å². The Hall–Kier alpha value is -3.87. The Bertz CT molecular complexity index is 6150. The van der Waals surface area contributed by atoms with Gasteiger partial charge in [0, 0.05) is 47.5 Å². The average Bonchev–Trinajstić information content (AvgIpc) is 0.782. The number of nitrogens with two attached hydrogens (primary N) is 2. The molecule has 0 unspecified atom stereocenters. The molecule has 4 aromatic heterocycles. The minimum Gasteiger partial charge on any atom is -1.00 e. The van der Waals surface area contributed by atoms with Gasteiger partial charge < -0.3 is 54.4 Å². The summed E-state index contributed by atoms with van der Waals surface area (Å²) in [6.07, 6.45) is 2.73. The molecule has 0 aliphatic carbocycles. The molecule has 0 radical (unpaired) electrons. The van der Waals surface area contributed by atoms with Crippen molar-refractivity contribution in [2.75, 3.05) is 45.7 Å². The van der Waals surface area contributed by atoms with Crippen molar-refractivity contribution in [2.24, 2.45) is 0 Å². The second-order valence-electron chi connectivity index (χ2n) is 26.5. The van der Waals surface area contributed by atoms with Crippen LogP contribution in [0.1, 0.15) is 156 Å². The first-order chi connectivity index (χ1) is 61.7. The first kappa shape index (κ1) is 107. The van der Waals surface area contributed by atoms with Crippen LogP contribution in [0.25, 0.3) is 0 Å². The number of aromatic nitrogens is 8. The first-order valence-electron chi connectivity index (χ1n) is 41.4. The number of ether oxygens (including phenoxy) is 1. The maximum Gasteiger partial charge on any atom is 1.00 e. The van der Waals surface area contributed by atoms with E-state index in [0.29, 0.717) is 27.1 Å². The molecule has 7 aromatic carbocycles. The van der Waals surface area contributed by atoms with Crippen molar-refractivity contribution in [1.82, 2.24) is 45.2 Å². The SMILES string of the molecule is C.C.C.Clc1ncc(Cl)c(Cl)n1.Nc1ccccc1S.O=CO[O-].[2H]C(C)(C)OS(=O)(=O)c1ccc(C)cc1.[2H]C(C)(C)S(=O)(=O)c1ccccc1Nc1nc(Cl)ncc1Cl.[2H]C(C)(C)Sc1ccccc1N.[2H]C(C)(C)Sc1ccccc1Nc1nc(Cl)ncc1Cl.[2H]C1([2H])CC(c2cc(OC([2H])(C)C)c(Nc3ncc(Cl)c(Nc4ccccc4S(=O)(=O)C([2H])(C)C)n3)cc2C)CC([2H])([2H])N1.[Cs+].[Cs+].[H-]. The van der Waals surface area contributed by atoms with Crippen LogP contribution >= 0.6 is 129 Å². The number of hydrogen-bond donors (Lipinski definition) is 8. The molecule has 42 heteroatoms. The van der Waals surface area contributed by atoms with Crippen molar-refractivity contribution in [3.63, 3.8) is 0 Å². The van der Waals surface area contributed by atoms with E-state index >= 15 is 0 Å². The number of nitrogens with zero attached hydrogens (tertiary/aromatic N) is 8. The Morgan fingerprint density at radius 2 is 0.930 bits per heavy atom. The number of thioether (sulfide) groups is 2. The van der Waals surface area contributed by atoms with Gasteiger partial charge in [0.25, 0.3) is 16.6 Å². The smallest absolute Gasteiger partial charge is 1.00 e. The summed E-state index contributed by atoms with van der Waals surface area (Å²) in [5.74, 6) is 0.610. The zero-order valence-corrected chi connectivity index (χ0v) is 94.7. The Morgan fingerprint density at radius 1 is 0.527 bits per heavy atom. The van der Waals surface area contributed by atoms with Gasteiger partial charge in [-0.25, -0.2) is 41.8 Å². The van der Waals surface area contributed by atoms with E-state index in [2.05, 4.69) is 88.2 Å². The zero-order chi connectivity index (χ0) is 101. The molecule has 0 spiro atoms. The van der Waals surface area contributed by atoms with Crippen LogP contribution in [0, 0.1) is 13.8 Å². The molecule has 0 atom stereocenters. The van der Waals surface area contributed by atoms with Crippen LogP contribution in [-0.4, -0.2) is 118 Å². The van der Waals surface area contributed by atoms with Gasteiger partial charge in [-0.15, -0.1) is 36.2 Å². The van der Waals surface area contributed by atoms with Crippen LogP contribution in [0.5, 0.6) is 5.75 Å². The van der Waals surface area contributed by atoms with E-state index in [9.17, 15) is 25.3 Å². The number of benzene rings is 7. The second-order valence-corrected chi connectivity index (χ2v) is 39.0. The Labute approximate surface area is 948 Å². The number of carbonyl (C=O) groups is 1. The molecule has 1 aliphatic heterocycles. The number of piperidine rings is 1. The van der Waals surface area contributed by atoms with E-state index < -0.39 is 81.8 Å². The van der Waals surface area contributed by atoms with Crippen LogP contribution < -0.4 is 186 Å². The van der Waals surface area contributed by atoms with Crippen LogP contribution in [0.4, 0.5) is 57.5 Å². The standard InChI is InChI=1S/C28H36ClN5O3S.C13H13Cl2N3O2S.C13H13Cl2N3S.C10H14O3S.C9H13NS.C6H7NS.C4HCl3N2.CH2O3.3CH4.2Cs.H/c1-17(2)37-25-15-21(20-10-12-30-13-11-20)19(5)14-24(25)33-28-31-16-22(29)27(34-28)32-23-8-6-7-9-26(23)38(35,36)18(3)4;1-8(2)21(19,20)11-6-4-3-5-10(11)17-12-9(14)7-16-13(15)18-12;1-8(2)19-11-6-4-3-5-10(11)17-12-9(14)7-16-13(15)18-12;1-8(2)13-14(11,12)10-6-4-9(3)5-7-10;1-7(2)11-9-6-4-3-5-8(9)10;7-5-3-1-2-4-6(5)8;5-2-1-8-4(7)9-3(2)6;2-1-4-3;;;;;;/h6-9,14-18,20,30H,10-13H2,1-5H3,(H2,31,32,33,34);3-8H,1-2H3,(H,16,17,18);3-8H,1-2H3,(H,16,17,18);4-8H,1-3H3;3-7H,10H2,1-2H3;1-4,8H,7H2;1H;1,3H;3*1H4;;;/q;;;;;;;;;;;2*+1;-1/p-1/i12D2,13D2,17D,18D;3*8D;7D;;;;;;;;;. The van der Waals surface area contributed by atoms with Crippen molar-refractivity contribution < 1.29 is 202 Å².